The minimum atomic E-state index is -3.76. The Balaban J connectivity index is 1.21. The van der Waals surface area contributed by atoms with Crippen LogP contribution < -0.4 is 29.6 Å². The van der Waals surface area contributed by atoms with Crippen molar-refractivity contribution in [2.24, 2.45) is 0 Å². The van der Waals surface area contributed by atoms with Crippen LogP contribution in [0.3, 0.4) is 0 Å². The van der Waals surface area contributed by atoms with Crippen molar-refractivity contribution in [2.75, 3.05) is 18.6 Å². The number of benzene rings is 2. The van der Waals surface area contributed by atoms with Crippen LogP contribution in [0.25, 0.3) is 0 Å². The lowest BCUT2D eigenvalue weighted by Gasteiger charge is -2.34. The average Bonchev–Trinajstić information content (AvgIpc) is 3.66. The minimum Gasteiger partial charge on any atom is -0.497 e. The second kappa shape index (κ2) is 9.50. The van der Waals surface area contributed by atoms with Crippen LogP contribution in [0, 0.1) is 0 Å². The number of carbonyl (C=O) groups excluding carboxylic acids is 2. The maximum atomic E-state index is 13.7. The van der Waals surface area contributed by atoms with Gasteiger partial charge in [-0.3, -0.25) is 9.59 Å². The van der Waals surface area contributed by atoms with Crippen LogP contribution in [0.5, 0.6) is 23.0 Å². The fraction of sp³-hybridized carbons (Fsp3) is 0.481. The van der Waals surface area contributed by atoms with Crippen molar-refractivity contribution in [2.45, 2.75) is 62.0 Å². The molecule has 6 rings (SSSR count). The molecule has 2 aromatic rings. The molecule has 0 aromatic heterocycles. The Kier molecular flexibility index (Phi) is 6.32. The standard InChI is InChI=1S/C27H28F2N2O8S/c1-36-17-3-4-18-19(14-23(37-21(18)13-17)24(32)30-16-6-10-40(34,35)11-7-16)31-25(33)26(8-9-26)15-2-5-20-22(12-15)39-27(28,29)38-20/h2-5,12-13,16,19,23H,6-11,14H2,1H3,(H,30,32)(H,31,33). The van der Waals surface area contributed by atoms with Crippen molar-refractivity contribution in [3.05, 3.63) is 47.5 Å². The Morgan fingerprint density at radius 2 is 1.70 bits per heavy atom. The topological polar surface area (TPSA) is 129 Å². The van der Waals surface area contributed by atoms with E-state index < -0.39 is 39.6 Å². The van der Waals surface area contributed by atoms with Gasteiger partial charge in [0.15, 0.2) is 17.6 Å². The molecule has 2 fully saturated rings. The summed E-state index contributed by atoms with van der Waals surface area (Å²) >= 11 is 0. The molecule has 2 unspecified atom stereocenters. The first-order valence-electron chi connectivity index (χ1n) is 13.0. The van der Waals surface area contributed by atoms with Gasteiger partial charge in [-0.1, -0.05) is 6.07 Å². The summed E-state index contributed by atoms with van der Waals surface area (Å²) in [4.78, 5) is 26.9. The zero-order valence-corrected chi connectivity index (χ0v) is 22.4. The van der Waals surface area contributed by atoms with E-state index in [1.165, 1.54) is 19.2 Å². The molecule has 10 nitrogen and oxygen atoms in total. The van der Waals surface area contributed by atoms with Crippen molar-refractivity contribution in [3.63, 3.8) is 0 Å². The third kappa shape index (κ3) is 5.02. The quantitative estimate of drug-likeness (QED) is 0.536. The number of rotatable bonds is 6. The highest BCUT2D eigenvalue weighted by molar-refractivity contribution is 7.91. The smallest absolute Gasteiger partial charge is 0.497 e. The molecule has 4 aliphatic rings. The van der Waals surface area contributed by atoms with Crippen molar-refractivity contribution in [1.29, 1.82) is 0 Å². The molecular formula is C27H28F2N2O8S. The van der Waals surface area contributed by atoms with Crippen LogP contribution in [0.1, 0.15) is 49.3 Å². The van der Waals surface area contributed by atoms with Gasteiger partial charge in [-0.15, -0.1) is 8.78 Å². The first-order valence-corrected chi connectivity index (χ1v) is 14.9. The van der Waals surface area contributed by atoms with E-state index in [0.29, 0.717) is 48.3 Å². The molecule has 2 N–H and O–H groups in total. The second-order valence-corrected chi connectivity index (χ2v) is 12.9. The fourth-order valence-electron chi connectivity index (χ4n) is 5.51. The number of hydrogen-bond donors (Lipinski definition) is 2. The van der Waals surface area contributed by atoms with Gasteiger partial charge in [0.05, 0.1) is 30.1 Å². The van der Waals surface area contributed by atoms with Gasteiger partial charge < -0.3 is 29.6 Å². The number of hydrogen-bond acceptors (Lipinski definition) is 8. The summed E-state index contributed by atoms with van der Waals surface area (Å²) in [6.07, 6.45) is -2.86. The Bertz CT molecular complexity index is 1460. The van der Waals surface area contributed by atoms with Gasteiger partial charge in [-0.05, 0) is 55.5 Å². The summed E-state index contributed by atoms with van der Waals surface area (Å²) in [6.45, 7) is 0. The lowest BCUT2D eigenvalue weighted by Crippen LogP contribution is -2.49. The molecule has 1 aliphatic carbocycles. The van der Waals surface area contributed by atoms with E-state index in [9.17, 15) is 26.8 Å². The van der Waals surface area contributed by atoms with E-state index in [2.05, 4.69) is 20.1 Å². The molecule has 214 valence electrons. The number of sulfone groups is 1. The normalized spacial score (nSPS) is 25.2. The third-order valence-electron chi connectivity index (χ3n) is 7.95. The lowest BCUT2D eigenvalue weighted by molar-refractivity contribution is -0.286. The van der Waals surface area contributed by atoms with Gasteiger partial charge in [0.1, 0.15) is 21.3 Å². The van der Waals surface area contributed by atoms with E-state index in [0.717, 1.165) is 0 Å². The van der Waals surface area contributed by atoms with E-state index in [1.54, 1.807) is 24.3 Å². The van der Waals surface area contributed by atoms with Gasteiger partial charge in [-0.25, -0.2) is 8.42 Å². The van der Waals surface area contributed by atoms with Gasteiger partial charge >= 0.3 is 6.29 Å². The molecule has 13 heteroatoms. The molecular weight excluding hydrogens is 550 g/mol. The molecule has 0 spiro atoms. The number of alkyl halides is 2. The number of ether oxygens (including phenoxy) is 4. The highest BCUT2D eigenvalue weighted by Crippen LogP contribution is 2.52. The van der Waals surface area contributed by atoms with Gasteiger partial charge in [0.2, 0.25) is 5.91 Å². The van der Waals surface area contributed by atoms with Crippen LogP contribution in [0.2, 0.25) is 0 Å². The summed E-state index contributed by atoms with van der Waals surface area (Å²) in [5, 5.41) is 5.96. The van der Waals surface area contributed by atoms with Crippen LogP contribution in [0.15, 0.2) is 36.4 Å². The largest absolute Gasteiger partial charge is 0.586 e. The van der Waals surface area contributed by atoms with Crippen molar-refractivity contribution in [3.8, 4) is 23.0 Å². The predicted octanol–water partition coefficient (Wildman–Crippen LogP) is 2.75. The summed E-state index contributed by atoms with van der Waals surface area (Å²) in [6, 6.07) is 8.63. The second-order valence-electron chi connectivity index (χ2n) is 10.6. The zero-order valence-electron chi connectivity index (χ0n) is 21.6. The van der Waals surface area contributed by atoms with Crippen molar-refractivity contribution in [1.82, 2.24) is 10.6 Å². The fourth-order valence-corrected chi connectivity index (χ4v) is 7.01. The van der Waals surface area contributed by atoms with E-state index in [1.807, 2.05) is 0 Å². The summed E-state index contributed by atoms with van der Waals surface area (Å²) in [5.41, 5.74) is 0.281. The van der Waals surface area contributed by atoms with Crippen LogP contribution in [-0.2, 0) is 24.8 Å². The molecule has 2 aromatic carbocycles. The molecule has 1 saturated carbocycles. The van der Waals surface area contributed by atoms with E-state index in [-0.39, 0.29) is 41.4 Å². The highest BCUT2D eigenvalue weighted by Gasteiger charge is 2.53. The number of methoxy groups -OCH3 is 1. The molecule has 40 heavy (non-hydrogen) atoms. The molecule has 0 bridgehead atoms. The van der Waals surface area contributed by atoms with Crippen LogP contribution in [0.4, 0.5) is 8.78 Å². The molecule has 3 aliphatic heterocycles. The van der Waals surface area contributed by atoms with Crippen LogP contribution >= 0.6 is 0 Å². The minimum absolute atomic E-state index is 0.0156. The maximum Gasteiger partial charge on any atom is 0.586 e. The monoisotopic (exact) mass is 578 g/mol. The Labute approximate surface area is 229 Å². The Morgan fingerprint density at radius 3 is 2.40 bits per heavy atom. The average molecular weight is 579 g/mol. The predicted molar refractivity (Wildman–Crippen MR) is 136 cm³/mol. The SMILES string of the molecule is COc1ccc2c(c1)OC(C(=O)NC1CCS(=O)(=O)CC1)CC2NC(=O)C1(c2ccc3c(c2)OC(F)(F)O3)CC1. The van der Waals surface area contributed by atoms with Crippen molar-refractivity contribution < 1.29 is 45.7 Å². The molecule has 2 atom stereocenters. The van der Waals surface area contributed by atoms with E-state index >= 15 is 0 Å². The lowest BCUT2D eigenvalue weighted by atomic mass is 9.91. The third-order valence-corrected chi connectivity index (χ3v) is 9.67. The number of fused-ring (bicyclic) bond motifs is 2. The Morgan fingerprint density at radius 1 is 0.975 bits per heavy atom. The van der Waals surface area contributed by atoms with E-state index in [4.69, 9.17) is 9.47 Å². The molecule has 3 heterocycles. The summed E-state index contributed by atoms with van der Waals surface area (Å²) in [7, 11) is -1.58. The van der Waals surface area contributed by atoms with Crippen LogP contribution in [-0.4, -0.2) is 57.3 Å². The molecule has 1 saturated heterocycles. The first-order chi connectivity index (χ1) is 19.0. The van der Waals surface area contributed by atoms with Gasteiger partial charge in [0.25, 0.3) is 5.91 Å². The van der Waals surface area contributed by atoms with Crippen molar-refractivity contribution >= 4 is 21.7 Å². The summed E-state index contributed by atoms with van der Waals surface area (Å²) in [5.74, 6) is 0.0108. The number of nitrogens with one attached hydrogen (secondary N) is 2. The number of halogens is 2. The maximum absolute atomic E-state index is 13.7. The van der Waals surface area contributed by atoms with Gasteiger partial charge in [-0.2, -0.15) is 0 Å². The summed E-state index contributed by atoms with van der Waals surface area (Å²) < 4.78 is 71.0. The number of amides is 2. The zero-order chi connectivity index (χ0) is 28.3. The Hall–Kier alpha value is -3.61. The number of carbonyl (C=O) groups is 2. The highest BCUT2D eigenvalue weighted by atomic mass is 32.2. The molecule has 0 radical (unpaired) electrons. The molecule has 2 amide bonds. The first kappa shape index (κ1) is 26.6. The van der Waals surface area contributed by atoms with Gasteiger partial charge in [0, 0.05) is 24.1 Å².